The minimum atomic E-state index is -0.708. The van der Waals surface area contributed by atoms with Crippen molar-refractivity contribution in [2.45, 2.75) is 19.9 Å². The van der Waals surface area contributed by atoms with Crippen molar-refractivity contribution in [1.82, 2.24) is 10.3 Å². The molecule has 0 saturated heterocycles. The molecule has 2 unspecified atom stereocenters. The van der Waals surface area contributed by atoms with Crippen LogP contribution in [-0.2, 0) is 10.8 Å². The summed E-state index contributed by atoms with van der Waals surface area (Å²) >= 11 is 1.71. The highest BCUT2D eigenvalue weighted by molar-refractivity contribution is 7.84. The van der Waals surface area contributed by atoms with Gasteiger partial charge in [0.2, 0.25) is 0 Å². The van der Waals surface area contributed by atoms with E-state index in [0.717, 1.165) is 11.6 Å². The van der Waals surface area contributed by atoms with Gasteiger partial charge in [-0.2, -0.15) is 0 Å². The van der Waals surface area contributed by atoms with Gasteiger partial charge < -0.3 is 5.32 Å². The summed E-state index contributed by atoms with van der Waals surface area (Å²) in [5.41, 5.74) is 0. The zero-order valence-corrected chi connectivity index (χ0v) is 10.4. The van der Waals surface area contributed by atoms with Crippen molar-refractivity contribution in [2.75, 3.05) is 18.6 Å². The number of thiazole rings is 1. The molecule has 1 N–H and O–H groups in total. The molecule has 80 valence electrons. The normalized spacial score (nSPS) is 15.4. The van der Waals surface area contributed by atoms with Crippen LogP contribution in [-0.4, -0.2) is 27.7 Å². The van der Waals surface area contributed by atoms with Gasteiger partial charge in [0.25, 0.3) is 0 Å². The average Bonchev–Trinajstić information content (AvgIpc) is 2.51. The second-order valence-electron chi connectivity index (χ2n) is 3.23. The number of hydrogen-bond acceptors (Lipinski definition) is 4. The minimum Gasteiger partial charge on any atom is -0.309 e. The molecule has 3 nitrogen and oxygen atoms in total. The number of nitrogens with zero attached hydrogens (tertiary/aromatic N) is 1. The lowest BCUT2D eigenvalue weighted by atomic mass is 10.3. The molecule has 2 atom stereocenters. The van der Waals surface area contributed by atoms with Gasteiger partial charge in [0.15, 0.2) is 0 Å². The van der Waals surface area contributed by atoms with Crippen molar-refractivity contribution in [3.8, 4) is 0 Å². The highest BCUT2D eigenvalue weighted by atomic mass is 32.2. The highest BCUT2D eigenvalue weighted by Gasteiger charge is 2.07. The van der Waals surface area contributed by atoms with Crippen LogP contribution in [0, 0.1) is 6.92 Å². The fourth-order valence-electron chi connectivity index (χ4n) is 1.10. The Morgan fingerprint density at radius 1 is 1.71 bits per heavy atom. The standard InChI is InChI=1S/C9H16N2OS2/c1-7(10-4-5-14(3)12)9-6-11-8(2)13-9/h6-7,10H,4-5H2,1-3H3. The fraction of sp³-hybridized carbons (Fsp3) is 0.667. The van der Waals surface area contributed by atoms with Gasteiger partial charge >= 0.3 is 0 Å². The van der Waals surface area contributed by atoms with Crippen molar-refractivity contribution in [3.63, 3.8) is 0 Å². The van der Waals surface area contributed by atoms with E-state index in [1.54, 1.807) is 17.6 Å². The predicted molar refractivity (Wildman–Crippen MR) is 62.2 cm³/mol. The smallest absolute Gasteiger partial charge is 0.0897 e. The molecule has 1 heterocycles. The molecule has 0 bridgehead atoms. The minimum absolute atomic E-state index is 0.310. The molecule has 1 aromatic heterocycles. The third-order valence-corrected chi connectivity index (χ3v) is 3.78. The number of aryl methyl sites for hydroxylation is 1. The maximum atomic E-state index is 10.8. The summed E-state index contributed by atoms with van der Waals surface area (Å²) in [6.45, 7) is 4.90. The zero-order chi connectivity index (χ0) is 10.6. The number of rotatable bonds is 5. The van der Waals surface area contributed by atoms with Crippen LogP contribution in [0.25, 0.3) is 0 Å². The Morgan fingerprint density at radius 3 is 2.93 bits per heavy atom. The fourth-order valence-corrected chi connectivity index (χ4v) is 2.32. The van der Waals surface area contributed by atoms with E-state index < -0.39 is 10.8 Å². The van der Waals surface area contributed by atoms with E-state index in [1.807, 2.05) is 13.1 Å². The second kappa shape index (κ2) is 5.58. The molecule has 0 aliphatic carbocycles. The molecule has 0 aliphatic heterocycles. The molecule has 0 amide bonds. The van der Waals surface area contributed by atoms with Crippen molar-refractivity contribution in [1.29, 1.82) is 0 Å². The Morgan fingerprint density at radius 2 is 2.43 bits per heavy atom. The highest BCUT2D eigenvalue weighted by Crippen LogP contribution is 2.19. The topological polar surface area (TPSA) is 42.0 Å². The maximum Gasteiger partial charge on any atom is 0.0897 e. The van der Waals surface area contributed by atoms with Gasteiger partial charge in [-0.3, -0.25) is 4.21 Å². The van der Waals surface area contributed by atoms with Gasteiger partial charge in [-0.25, -0.2) is 4.98 Å². The van der Waals surface area contributed by atoms with Gasteiger partial charge in [0.1, 0.15) is 0 Å². The molecule has 1 aromatic rings. The first-order chi connectivity index (χ1) is 6.59. The van der Waals surface area contributed by atoms with Crippen LogP contribution in [0.4, 0.5) is 0 Å². The number of nitrogens with one attached hydrogen (secondary N) is 1. The molecule has 0 aliphatic rings. The SMILES string of the molecule is Cc1ncc(C(C)NCCS(C)=O)s1. The van der Waals surface area contributed by atoms with Crippen LogP contribution in [0.2, 0.25) is 0 Å². The van der Waals surface area contributed by atoms with Crippen molar-refractivity contribution in [3.05, 3.63) is 16.1 Å². The molecule has 14 heavy (non-hydrogen) atoms. The molecule has 0 fully saturated rings. The van der Waals surface area contributed by atoms with E-state index in [4.69, 9.17) is 0 Å². The van der Waals surface area contributed by atoms with Crippen LogP contribution < -0.4 is 5.32 Å². The molecular weight excluding hydrogens is 216 g/mol. The molecule has 5 heteroatoms. The molecule has 0 saturated carbocycles. The third-order valence-electron chi connectivity index (χ3n) is 1.91. The summed E-state index contributed by atoms with van der Waals surface area (Å²) in [6, 6.07) is 0.310. The molecule has 1 rings (SSSR count). The lowest BCUT2D eigenvalue weighted by Gasteiger charge is -2.10. The summed E-state index contributed by atoms with van der Waals surface area (Å²) in [4.78, 5) is 5.44. The Hall–Kier alpha value is -0.260. The van der Waals surface area contributed by atoms with Crippen molar-refractivity contribution >= 4 is 22.1 Å². The first-order valence-corrected chi connectivity index (χ1v) is 7.09. The molecule has 0 spiro atoms. The van der Waals surface area contributed by atoms with Gasteiger partial charge in [0, 0.05) is 46.5 Å². The van der Waals surface area contributed by atoms with E-state index in [9.17, 15) is 4.21 Å². The van der Waals surface area contributed by atoms with E-state index in [1.165, 1.54) is 4.88 Å². The predicted octanol–water partition coefficient (Wildman–Crippen LogP) is 1.48. The van der Waals surface area contributed by atoms with Gasteiger partial charge in [-0.05, 0) is 13.8 Å². The van der Waals surface area contributed by atoms with Crippen LogP contribution in [0.15, 0.2) is 6.20 Å². The maximum absolute atomic E-state index is 10.8. The lowest BCUT2D eigenvalue weighted by Crippen LogP contribution is -2.22. The van der Waals surface area contributed by atoms with Gasteiger partial charge in [0.05, 0.1) is 5.01 Å². The summed E-state index contributed by atoms with van der Waals surface area (Å²) in [5, 5.41) is 4.41. The monoisotopic (exact) mass is 232 g/mol. The molecule has 0 radical (unpaired) electrons. The zero-order valence-electron chi connectivity index (χ0n) is 8.74. The van der Waals surface area contributed by atoms with Crippen LogP contribution in [0.3, 0.4) is 0 Å². The summed E-state index contributed by atoms with van der Waals surface area (Å²) in [7, 11) is -0.708. The lowest BCUT2D eigenvalue weighted by molar-refractivity contribution is 0.604. The Balaban J connectivity index is 2.35. The largest absolute Gasteiger partial charge is 0.309 e. The van der Waals surface area contributed by atoms with E-state index in [2.05, 4.69) is 17.2 Å². The Kier molecular flexibility index (Phi) is 4.71. The van der Waals surface area contributed by atoms with Crippen molar-refractivity contribution < 1.29 is 4.21 Å². The second-order valence-corrected chi connectivity index (χ2v) is 6.06. The van der Waals surface area contributed by atoms with Gasteiger partial charge in [-0.1, -0.05) is 0 Å². The Bertz CT molecular complexity index is 312. The van der Waals surface area contributed by atoms with Gasteiger partial charge in [-0.15, -0.1) is 11.3 Å². The summed E-state index contributed by atoms with van der Waals surface area (Å²) < 4.78 is 10.8. The van der Waals surface area contributed by atoms with Crippen molar-refractivity contribution in [2.24, 2.45) is 0 Å². The average molecular weight is 232 g/mol. The van der Waals surface area contributed by atoms with E-state index >= 15 is 0 Å². The number of hydrogen-bond donors (Lipinski definition) is 1. The molecular formula is C9H16N2OS2. The summed E-state index contributed by atoms with van der Waals surface area (Å²) in [5.74, 6) is 0.710. The first-order valence-electron chi connectivity index (χ1n) is 4.55. The third kappa shape index (κ3) is 3.86. The van der Waals surface area contributed by atoms with Crippen LogP contribution >= 0.6 is 11.3 Å². The Labute approximate surface area is 91.4 Å². The first kappa shape index (κ1) is 11.8. The number of aromatic nitrogens is 1. The quantitative estimate of drug-likeness (QED) is 0.836. The molecule has 0 aromatic carbocycles. The van der Waals surface area contributed by atoms with Crippen LogP contribution in [0.5, 0.6) is 0 Å². The summed E-state index contributed by atoms with van der Waals surface area (Å²) in [6.07, 6.45) is 3.63. The van der Waals surface area contributed by atoms with Crippen LogP contribution in [0.1, 0.15) is 22.9 Å². The van der Waals surface area contributed by atoms with E-state index in [0.29, 0.717) is 11.8 Å². The van der Waals surface area contributed by atoms with E-state index in [-0.39, 0.29) is 0 Å².